The molecule has 2 aliphatic rings. The van der Waals surface area contributed by atoms with Crippen LogP contribution in [0.1, 0.15) is 12.5 Å². The standard InChI is InChI=1S/C19H18N2OS2/c1-3-12-21-18(22)17(24-19(21)23)10-9-14-11-13-20(4-2)16-8-6-5-7-15(14)16/h3,5-11,13H,1,4,12H2,2H3/b14-9-,17-10+. The Bertz CT molecular complexity index is 792. The molecule has 0 saturated carbocycles. The van der Waals surface area contributed by atoms with E-state index in [0.29, 0.717) is 15.8 Å². The number of benzene rings is 1. The minimum Gasteiger partial charge on any atom is -0.348 e. The van der Waals surface area contributed by atoms with Crippen LogP contribution in [0.4, 0.5) is 5.69 Å². The van der Waals surface area contributed by atoms with Crippen molar-refractivity contribution >= 4 is 45.5 Å². The molecule has 0 spiro atoms. The minimum absolute atomic E-state index is 0.0509. The number of hydrogen-bond acceptors (Lipinski definition) is 4. The molecule has 2 aliphatic heterocycles. The number of amides is 1. The van der Waals surface area contributed by atoms with Crippen molar-refractivity contribution in [1.82, 2.24) is 4.90 Å². The van der Waals surface area contributed by atoms with Crippen molar-refractivity contribution in [2.75, 3.05) is 18.0 Å². The van der Waals surface area contributed by atoms with E-state index in [2.05, 4.69) is 42.8 Å². The summed E-state index contributed by atoms with van der Waals surface area (Å²) in [5, 5.41) is 0. The number of para-hydroxylation sites is 1. The molecule has 0 radical (unpaired) electrons. The van der Waals surface area contributed by atoms with Crippen LogP contribution in [0.25, 0.3) is 5.57 Å². The first-order valence-electron chi connectivity index (χ1n) is 7.76. The lowest BCUT2D eigenvalue weighted by Gasteiger charge is -2.26. The van der Waals surface area contributed by atoms with Crippen LogP contribution in [0.15, 0.2) is 66.3 Å². The third-order valence-corrected chi connectivity index (χ3v) is 5.29. The lowest BCUT2D eigenvalue weighted by Crippen LogP contribution is -2.27. The molecule has 1 saturated heterocycles. The highest BCUT2D eigenvalue weighted by Crippen LogP contribution is 2.34. The van der Waals surface area contributed by atoms with Gasteiger partial charge in [0.05, 0.1) is 4.91 Å². The first kappa shape index (κ1) is 16.7. The zero-order valence-electron chi connectivity index (χ0n) is 13.4. The molecule has 2 heterocycles. The Labute approximate surface area is 152 Å². The summed E-state index contributed by atoms with van der Waals surface area (Å²) in [5.41, 5.74) is 3.44. The molecule has 0 aliphatic carbocycles. The average molecular weight is 355 g/mol. The Morgan fingerprint density at radius 1 is 1.29 bits per heavy atom. The molecule has 1 aromatic rings. The summed E-state index contributed by atoms with van der Waals surface area (Å²) in [4.78, 5) is 16.8. The SMILES string of the molecule is C=CCN1C(=O)/C(=C\C=C2\C=CN(CC)c3ccccc32)SC1=S. The molecule has 1 amide bonds. The summed E-state index contributed by atoms with van der Waals surface area (Å²) in [7, 11) is 0. The smallest absolute Gasteiger partial charge is 0.266 e. The van der Waals surface area contributed by atoms with E-state index < -0.39 is 0 Å². The van der Waals surface area contributed by atoms with Crippen molar-refractivity contribution in [3.8, 4) is 0 Å². The highest BCUT2D eigenvalue weighted by atomic mass is 32.2. The van der Waals surface area contributed by atoms with E-state index in [-0.39, 0.29) is 5.91 Å². The van der Waals surface area contributed by atoms with Crippen LogP contribution >= 0.6 is 24.0 Å². The van der Waals surface area contributed by atoms with Crippen molar-refractivity contribution in [2.24, 2.45) is 0 Å². The van der Waals surface area contributed by atoms with E-state index in [1.165, 1.54) is 23.0 Å². The van der Waals surface area contributed by atoms with Crippen LogP contribution in [-0.4, -0.2) is 28.2 Å². The molecule has 122 valence electrons. The first-order valence-corrected chi connectivity index (χ1v) is 8.99. The van der Waals surface area contributed by atoms with Crippen LogP contribution < -0.4 is 4.90 Å². The van der Waals surface area contributed by atoms with Gasteiger partial charge in [0.15, 0.2) is 0 Å². The number of hydrogen-bond donors (Lipinski definition) is 0. The second kappa shape index (κ2) is 7.20. The zero-order chi connectivity index (χ0) is 17.1. The maximum Gasteiger partial charge on any atom is 0.266 e. The molecule has 0 aromatic heterocycles. The van der Waals surface area contributed by atoms with E-state index in [1.54, 1.807) is 11.0 Å². The van der Waals surface area contributed by atoms with Gasteiger partial charge in [0, 0.05) is 30.5 Å². The molecule has 3 nitrogen and oxygen atoms in total. The van der Waals surface area contributed by atoms with Crippen molar-refractivity contribution in [3.63, 3.8) is 0 Å². The van der Waals surface area contributed by atoms with Gasteiger partial charge in [0.2, 0.25) is 0 Å². The maximum absolute atomic E-state index is 12.4. The fraction of sp³-hybridized carbons (Fsp3) is 0.158. The largest absolute Gasteiger partial charge is 0.348 e. The number of thioether (sulfide) groups is 1. The third kappa shape index (κ3) is 3.09. The van der Waals surface area contributed by atoms with Gasteiger partial charge in [0.1, 0.15) is 4.32 Å². The van der Waals surface area contributed by atoms with E-state index in [1.807, 2.05) is 24.3 Å². The molecule has 5 heteroatoms. The molecule has 0 atom stereocenters. The lowest BCUT2D eigenvalue weighted by atomic mass is 9.99. The van der Waals surface area contributed by atoms with E-state index >= 15 is 0 Å². The van der Waals surface area contributed by atoms with Crippen molar-refractivity contribution in [3.05, 3.63) is 71.8 Å². The highest BCUT2D eigenvalue weighted by molar-refractivity contribution is 8.26. The number of carbonyl (C=O) groups excluding carboxylic acids is 1. The van der Waals surface area contributed by atoms with E-state index in [0.717, 1.165) is 12.1 Å². The van der Waals surface area contributed by atoms with Crippen LogP contribution in [-0.2, 0) is 4.79 Å². The second-order valence-electron chi connectivity index (χ2n) is 5.34. The van der Waals surface area contributed by atoms with Gasteiger partial charge >= 0.3 is 0 Å². The predicted molar refractivity (Wildman–Crippen MR) is 107 cm³/mol. The van der Waals surface area contributed by atoms with Gasteiger partial charge in [-0.05, 0) is 30.7 Å². The van der Waals surface area contributed by atoms with Crippen molar-refractivity contribution in [2.45, 2.75) is 6.92 Å². The van der Waals surface area contributed by atoms with Crippen LogP contribution in [0.2, 0.25) is 0 Å². The summed E-state index contributed by atoms with van der Waals surface area (Å²) in [5.74, 6) is -0.0509. The Hall–Kier alpha value is -2.11. The first-order chi connectivity index (χ1) is 11.7. The van der Waals surface area contributed by atoms with Gasteiger partial charge in [0.25, 0.3) is 5.91 Å². The second-order valence-corrected chi connectivity index (χ2v) is 7.02. The Morgan fingerprint density at radius 2 is 2.08 bits per heavy atom. The summed E-state index contributed by atoms with van der Waals surface area (Å²) < 4.78 is 0.585. The Morgan fingerprint density at radius 3 is 2.83 bits per heavy atom. The maximum atomic E-state index is 12.4. The number of anilines is 1. The Balaban J connectivity index is 1.91. The van der Waals surface area contributed by atoms with Gasteiger partial charge < -0.3 is 4.90 Å². The topological polar surface area (TPSA) is 23.6 Å². The minimum atomic E-state index is -0.0509. The molecule has 0 bridgehead atoms. The summed E-state index contributed by atoms with van der Waals surface area (Å²) in [6, 6.07) is 8.28. The summed E-state index contributed by atoms with van der Waals surface area (Å²) >= 11 is 6.60. The molecule has 1 fully saturated rings. The third-order valence-electron chi connectivity index (χ3n) is 3.90. The number of carbonyl (C=O) groups is 1. The fourth-order valence-corrected chi connectivity index (χ4v) is 3.91. The van der Waals surface area contributed by atoms with E-state index in [4.69, 9.17) is 12.2 Å². The van der Waals surface area contributed by atoms with Gasteiger partial charge in [-0.3, -0.25) is 9.69 Å². The number of thiocarbonyl (C=S) groups is 1. The lowest BCUT2D eigenvalue weighted by molar-refractivity contribution is -0.121. The van der Waals surface area contributed by atoms with Crippen molar-refractivity contribution in [1.29, 1.82) is 0 Å². The van der Waals surface area contributed by atoms with Gasteiger partial charge in [-0.15, -0.1) is 6.58 Å². The van der Waals surface area contributed by atoms with Crippen LogP contribution in [0.5, 0.6) is 0 Å². The quantitative estimate of drug-likeness (QED) is 0.455. The molecule has 1 aromatic carbocycles. The summed E-state index contributed by atoms with van der Waals surface area (Å²) in [6.07, 6.45) is 9.69. The highest BCUT2D eigenvalue weighted by Gasteiger charge is 2.30. The fourth-order valence-electron chi connectivity index (χ4n) is 2.70. The average Bonchev–Trinajstić information content (AvgIpc) is 2.87. The summed E-state index contributed by atoms with van der Waals surface area (Å²) in [6.45, 7) is 7.16. The van der Waals surface area contributed by atoms with Gasteiger partial charge in [-0.25, -0.2) is 0 Å². The molecule has 0 unspecified atom stereocenters. The van der Waals surface area contributed by atoms with Crippen LogP contribution in [0.3, 0.4) is 0 Å². The number of allylic oxidation sites excluding steroid dienone is 4. The van der Waals surface area contributed by atoms with Gasteiger partial charge in [-0.1, -0.05) is 54.3 Å². The number of fused-ring (bicyclic) bond motifs is 1. The predicted octanol–water partition coefficient (Wildman–Crippen LogP) is 4.35. The number of nitrogens with zero attached hydrogens (tertiary/aromatic N) is 2. The van der Waals surface area contributed by atoms with Gasteiger partial charge in [-0.2, -0.15) is 0 Å². The zero-order valence-corrected chi connectivity index (χ0v) is 15.1. The van der Waals surface area contributed by atoms with Crippen LogP contribution in [0, 0.1) is 0 Å². The normalized spacial score (nSPS) is 20.2. The molecule has 24 heavy (non-hydrogen) atoms. The van der Waals surface area contributed by atoms with E-state index in [9.17, 15) is 4.79 Å². The number of rotatable bonds is 4. The molecule has 3 rings (SSSR count). The molecular weight excluding hydrogens is 336 g/mol. The molecule has 0 N–H and O–H groups in total. The Kier molecular flexibility index (Phi) is 5.02. The monoisotopic (exact) mass is 354 g/mol. The molecular formula is C19H18N2OS2. The van der Waals surface area contributed by atoms with Crippen molar-refractivity contribution < 1.29 is 4.79 Å².